The number of carbonyl (C=O) groups is 5. The van der Waals surface area contributed by atoms with Crippen LogP contribution in [0.1, 0.15) is 52.0 Å². The van der Waals surface area contributed by atoms with E-state index in [9.17, 15) is 37.1 Å². The molecule has 2 atom stereocenters. The number of benzene rings is 1. The van der Waals surface area contributed by atoms with Gasteiger partial charge in [0, 0.05) is 35.9 Å². The van der Waals surface area contributed by atoms with Crippen LogP contribution in [0.4, 0.5) is 18.9 Å². The number of hydrogen-bond donors (Lipinski definition) is 4. The fourth-order valence-corrected chi connectivity index (χ4v) is 4.16. The van der Waals surface area contributed by atoms with E-state index in [4.69, 9.17) is 11.6 Å². The number of anilines is 1. The Bertz CT molecular complexity index is 1330. The SMILES string of the molecule is O=C(NC1CC1)C(=O)[C@H](C[C@@H]1CCNC1=O)NC(=O)c1cc(Cl)ccc1NC(=O)c1cncc(C(F)(F)F)c1. The maximum Gasteiger partial charge on any atom is 0.417 e. The number of carbonyl (C=O) groups excluding carboxylic acids is 5. The van der Waals surface area contributed by atoms with Gasteiger partial charge in [0.2, 0.25) is 11.7 Å². The number of halogens is 4. The summed E-state index contributed by atoms with van der Waals surface area (Å²) in [5.41, 5.74) is -1.88. The summed E-state index contributed by atoms with van der Waals surface area (Å²) >= 11 is 6.04. The highest BCUT2D eigenvalue weighted by Gasteiger charge is 2.36. The van der Waals surface area contributed by atoms with Gasteiger partial charge in [-0.05, 0) is 49.9 Å². The molecule has 4 amide bonds. The number of Topliss-reactive ketones (excluding diaryl/α,β-unsaturated/α-hetero) is 1. The maximum atomic E-state index is 13.3. The Labute approximate surface area is 225 Å². The minimum Gasteiger partial charge on any atom is -0.356 e. The van der Waals surface area contributed by atoms with Gasteiger partial charge >= 0.3 is 6.18 Å². The Morgan fingerprint density at radius 2 is 1.82 bits per heavy atom. The van der Waals surface area contributed by atoms with Crippen LogP contribution >= 0.6 is 11.6 Å². The van der Waals surface area contributed by atoms with Gasteiger partial charge in [-0.1, -0.05) is 11.6 Å². The molecule has 10 nitrogen and oxygen atoms in total. The van der Waals surface area contributed by atoms with Gasteiger partial charge in [-0.25, -0.2) is 0 Å². The molecule has 1 aromatic heterocycles. The lowest BCUT2D eigenvalue weighted by Crippen LogP contribution is -2.49. The van der Waals surface area contributed by atoms with Gasteiger partial charge < -0.3 is 21.3 Å². The average molecular weight is 566 g/mol. The van der Waals surface area contributed by atoms with Crippen molar-refractivity contribution in [2.75, 3.05) is 11.9 Å². The summed E-state index contributed by atoms with van der Waals surface area (Å²) in [4.78, 5) is 67.0. The smallest absolute Gasteiger partial charge is 0.356 e. The molecule has 14 heteroatoms. The fourth-order valence-electron chi connectivity index (χ4n) is 3.99. The molecule has 4 rings (SSSR count). The summed E-state index contributed by atoms with van der Waals surface area (Å²) in [5, 5.41) is 10.1. The van der Waals surface area contributed by atoms with Gasteiger partial charge in [0.05, 0.1) is 28.4 Å². The van der Waals surface area contributed by atoms with E-state index in [1.54, 1.807) is 0 Å². The standard InChI is InChI=1S/C25H23ClF3N5O5/c26-15-1-4-18(33-22(37)13-7-14(11-30-10-13)25(27,28)29)17(9-15)23(38)34-19(8-12-5-6-31-21(12)36)20(35)24(39)32-16-2-3-16/h1,4,7,9-12,16,19H,2-3,5-6,8H2,(H,31,36)(H,32,39)(H,33,37)(H,34,38)/t12-,19-/m0/s1. The number of nitrogens with zero attached hydrogens (tertiary/aromatic N) is 1. The lowest BCUT2D eigenvalue weighted by Gasteiger charge is -2.21. The van der Waals surface area contributed by atoms with Crippen molar-refractivity contribution >= 4 is 46.7 Å². The summed E-state index contributed by atoms with van der Waals surface area (Å²) in [6.07, 6.45) is -1.49. The van der Waals surface area contributed by atoms with E-state index >= 15 is 0 Å². The number of hydrogen-bond acceptors (Lipinski definition) is 6. The molecule has 1 aliphatic carbocycles. The van der Waals surface area contributed by atoms with Gasteiger partial charge in [0.25, 0.3) is 17.7 Å². The van der Waals surface area contributed by atoms with Crippen LogP contribution in [0.25, 0.3) is 0 Å². The van der Waals surface area contributed by atoms with Crippen LogP contribution in [-0.2, 0) is 20.6 Å². The molecule has 2 fully saturated rings. The van der Waals surface area contributed by atoms with Gasteiger partial charge in [-0.15, -0.1) is 0 Å². The Kier molecular flexibility index (Phi) is 8.19. The van der Waals surface area contributed by atoms with E-state index in [2.05, 4.69) is 26.3 Å². The Balaban J connectivity index is 1.56. The summed E-state index contributed by atoms with van der Waals surface area (Å²) in [5.74, 6) is -4.62. The second-order valence-electron chi connectivity index (χ2n) is 9.25. The lowest BCUT2D eigenvalue weighted by molar-refractivity contribution is -0.139. The van der Waals surface area contributed by atoms with Gasteiger partial charge in [0.1, 0.15) is 0 Å². The Hall–Kier alpha value is -4.00. The molecule has 2 heterocycles. The number of nitrogens with one attached hydrogen (secondary N) is 4. The van der Waals surface area contributed by atoms with E-state index in [0.717, 1.165) is 19.0 Å². The molecule has 0 radical (unpaired) electrons. The third-order valence-electron chi connectivity index (χ3n) is 6.24. The molecule has 206 valence electrons. The quantitative estimate of drug-likeness (QED) is 0.344. The number of pyridine rings is 1. The number of alkyl halides is 3. The predicted molar refractivity (Wildman–Crippen MR) is 132 cm³/mol. The summed E-state index contributed by atoms with van der Waals surface area (Å²) in [6.45, 7) is 0.390. The number of rotatable bonds is 9. The first-order valence-electron chi connectivity index (χ1n) is 12.0. The van der Waals surface area contributed by atoms with E-state index in [1.807, 2.05) is 0 Å². The maximum absolute atomic E-state index is 13.3. The van der Waals surface area contributed by atoms with Crippen LogP contribution in [0, 0.1) is 5.92 Å². The molecule has 2 aliphatic rings. The Morgan fingerprint density at radius 1 is 1.08 bits per heavy atom. The summed E-state index contributed by atoms with van der Waals surface area (Å²) in [6, 6.07) is 2.92. The molecule has 1 aromatic carbocycles. The molecule has 4 N–H and O–H groups in total. The molecule has 1 aliphatic heterocycles. The first-order valence-corrected chi connectivity index (χ1v) is 12.4. The second kappa shape index (κ2) is 11.4. The topological polar surface area (TPSA) is 146 Å². The van der Waals surface area contributed by atoms with Crippen LogP contribution in [-0.4, -0.2) is 53.0 Å². The first kappa shape index (κ1) is 28.0. The zero-order valence-electron chi connectivity index (χ0n) is 20.2. The van der Waals surface area contributed by atoms with Crippen molar-refractivity contribution in [3.05, 3.63) is 58.4 Å². The summed E-state index contributed by atoms with van der Waals surface area (Å²) in [7, 11) is 0. The molecule has 0 unspecified atom stereocenters. The average Bonchev–Trinajstić information content (AvgIpc) is 3.62. The van der Waals surface area contributed by atoms with Crippen molar-refractivity contribution in [2.45, 2.75) is 43.9 Å². The van der Waals surface area contributed by atoms with Gasteiger partial charge in [-0.3, -0.25) is 29.0 Å². The van der Waals surface area contributed by atoms with Crippen molar-refractivity contribution < 1.29 is 37.1 Å². The van der Waals surface area contributed by atoms with Crippen LogP contribution in [0.5, 0.6) is 0 Å². The molecule has 1 saturated heterocycles. The third-order valence-corrected chi connectivity index (χ3v) is 6.48. The first-order chi connectivity index (χ1) is 18.4. The zero-order valence-corrected chi connectivity index (χ0v) is 21.0. The zero-order chi connectivity index (χ0) is 28.3. The van der Waals surface area contributed by atoms with Crippen LogP contribution in [0.15, 0.2) is 36.7 Å². The molecule has 39 heavy (non-hydrogen) atoms. The monoisotopic (exact) mass is 565 g/mol. The molecular weight excluding hydrogens is 543 g/mol. The van der Waals surface area contributed by atoms with E-state index < -0.39 is 52.8 Å². The minimum absolute atomic E-state index is 0.0865. The van der Waals surface area contributed by atoms with Crippen molar-refractivity contribution in [2.24, 2.45) is 5.92 Å². The molecule has 0 spiro atoms. The Morgan fingerprint density at radius 3 is 2.46 bits per heavy atom. The number of amides is 4. The van der Waals surface area contributed by atoms with Gasteiger partial charge in [0.15, 0.2) is 0 Å². The van der Waals surface area contributed by atoms with Crippen molar-refractivity contribution in [1.29, 1.82) is 0 Å². The van der Waals surface area contributed by atoms with E-state index in [-0.39, 0.29) is 34.6 Å². The van der Waals surface area contributed by atoms with Crippen molar-refractivity contribution in [1.82, 2.24) is 20.9 Å². The highest BCUT2D eigenvalue weighted by Crippen LogP contribution is 2.29. The minimum atomic E-state index is -4.72. The molecule has 1 saturated carbocycles. The van der Waals surface area contributed by atoms with Crippen molar-refractivity contribution in [3.8, 4) is 0 Å². The number of aromatic nitrogens is 1. The van der Waals surface area contributed by atoms with Gasteiger partial charge in [-0.2, -0.15) is 13.2 Å². The third kappa shape index (κ3) is 7.11. The highest BCUT2D eigenvalue weighted by atomic mass is 35.5. The van der Waals surface area contributed by atoms with Crippen LogP contribution in [0.3, 0.4) is 0 Å². The van der Waals surface area contributed by atoms with E-state index in [1.165, 1.54) is 18.2 Å². The lowest BCUT2D eigenvalue weighted by atomic mass is 9.95. The molecule has 2 aromatic rings. The molecule has 0 bridgehead atoms. The normalized spacial score (nSPS) is 17.6. The van der Waals surface area contributed by atoms with Crippen LogP contribution < -0.4 is 21.3 Å². The van der Waals surface area contributed by atoms with E-state index in [0.29, 0.717) is 25.2 Å². The largest absolute Gasteiger partial charge is 0.417 e. The number of ketones is 1. The highest BCUT2D eigenvalue weighted by molar-refractivity contribution is 6.38. The predicted octanol–water partition coefficient (Wildman–Crippen LogP) is 2.48. The second-order valence-corrected chi connectivity index (χ2v) is 9.69. The van der Waals surface area contributed by atoms with Crippen LogP contribution in [0.2, 0.25) is 5.02 Å². The fraction of sp³-hybridized carbons (Fsp3) is 0.360. The molecular formula is C25H23ClF3N5O5. The van der Waals surface area contributed by atoms with Crippen molar-refractivity contribution in [3.63, 3.8) is 0 Å². The summed E-state index contributed by atoms with van der Waals surface area (Å²) < 4.78 is 39.1.